The van der Waals surface area contributed by atoms with Crippen LogP contribution in [0.25, 0.3) is 0 Å². The SMILES string of the molecule is CC(C)n1c(=O)on(S(=O)(=O)c2cccc([N+](=O)[O-])c2)c1=O. The molecule has 0 radical (unpaired) electrons. The Labute approximate surface area is 123 Å². The summed E-state index contributed by atoms with van der Waals surface area (Å²) in [4.78, 5) is 32.9. The molecule has 2 aromatic rings. The van der Waals surface area contributed by atoms with E-state index in [0.29, 0.717) is 4.57 Å². The lowest BCUT2D eigenvalue weighted by Gasteiger charge is -2.02. The molecule has 1 heterocycles. The van der Waals surface area contributed by atoms with Gasteiger partial charge in [-0.05, 0) is 24.1 Å². The lowest BCUT2D eigenvalue weighted by atomic mass is 10.3. The van der Waals surface area contributed by atoms with E-state index in [4.69, 9.17) is 0 Å². The minimum Gasteiger partial charge on any atom is -0.301 e. The van der Waals surface area contributed by atoms with Crippen LogP contribution in [0.2, 0.25) is 0 Å². The van der Waals surface area contributed by atoms with Gasteiger partial charge in [0, 0.05) is 18.2 Å². The summed E-state index contributed by atoms with van der Waals surface area (Å²) in [7, 11) is -4.55. The number of aromatic nitrogens is 2. The Hall–Kier alpha value is -2.69. The van der Waals surface area contributed by atoms with Crippen LogP contribution in [0.1, 0.15) is 19.9 Å². The number of rotatable bonds is 4. The first-order chi connectivity index (χ1) is 10.2. The highest BCUT2D eigenvalue weighted by atomic mass is 32.2. The fraction of sp³-hybridized carbons (Fsp3) is 0.273. The summed E-state index contributed by atoms with van der Waals surface area (Å²) in [5, 5.41) is 10.7. The largest absolute Gasteiger partial charge is 0.443 e. The Morgan fingerprint density at radius 2 is 1.91 bits per heavy atom. The fourth-order valence-corrected chi connectivity index (χ4v) is 2.92. The van der Waals surface area contributed by atoms with Crippen LogP contribution in [0.4, 0.5) is 5.69 Å². The molecule has 0 aliphatic carbocycles. The topological polar surface area (TPSA) is 134 Å². The second-order valence-electron chi connectivity index (χ2n) is 4.59. The standard InChI is InChI=1S/C11H11N3O7S/c1-7(2)12-10(15)14(21-11(12)16)22(19,20)9-5-3-4-8(6-9)13(17)18/h3-7H,1-2H3. The quantitative estimate of drug-likeness (QED) is 0.582. The van der Waals surface area contributed by atoms with Crippen molar-refractivity contribution >= 4 is 15.7 Å². The van der Waals surface area contributed by atoms with Crippen LogP contribution in [0.5, 0.6) is 0 Å². The van der Waals surface area contributed by atoms with Crippen LogP contribution < -0.4 is 11.4 Å². The zero-order chi connectivity index (χ0) is 16.7. The number of non-ortho nitro benzene ring substituents is 1. The number of hydrogen-bond acceptors (Lipinski definition) is 7. The predicted octanol–water partition coefficient (Wildman–Crippen LogP) is 0.329. The molecule has 22 heavy (non-hydrogen) atoms. The number of nitrogens with zero attached hydrogens (tertiary/aromatic N) is 3. The summed E-state index contributed by atoms with van der Waals surface area (Å²) in [5.41, 5.74) is -1.65. The molecular weight excluding hydrogens is 318 g/mol. The van der Waals surface area contributed by atoms with Gasteiger partial charge in [-0.25, -0.2) is 14.2 Å². The smallest absolute Gasteiger partial charge is 0.301 e. The first-order valence-corrected chi connectivity index (χ1v) is 7.45. The van der Waals surface area contributed by atoms with E-state index in [1.165, 1.54) is 13.8 Å². The average molecular weight is 329 g/mol. The van der Waals surface area contributed by atoms with Gasteiger partial charge >= 0.3 is 11.4 Å². The molecule has 0 saturated heterocycles. The van der Waals surface area contributed by atoms with Crippen molar-refractivity contribution in [1.29, 1.82) is 0 Å². The van der Waals surface area contributed by atoms with Gasteiger partial charge in [-0.2, -0.15) is 8.42 Å². The maximum Gasteiger partial charge on any atom is 0.443 e. The van der Waals surface area contributed by atoms with Gasteiger partial charge in [-0.15, -0.1) is 0 Å². The summed E-state index contributed by atoms with van der Waals surface area (Å²) in [6.07, 6.45) is 0. The fourth-order valence-electron chi connectivity index (χ4n) is 1.76. The summed E-state index contributed by atoms with van der Waals surface area (Å²) < 4.78 is 29.6. The molecule has 0 spiro atoms. The summed E-state index contributed by atoms with van der Waals surface area (Å²) in [5.74, 6) is -1.13. The predicted molar refractivity (Wildman–Crippen MR) is 73.3 cm³/mol. The average Bonchev–Trinajstić information content (AvgIpc) is 2.74. The maximum absolute atomic E-state index is 12.3. The van der Waals surface area contributed by atoms with Crippen molar-refractivity contribution in [3.63, 3.8) is 0 Å². The van der Waals surface area contributed by atoms with Gasteiger partial charge in [0.25, 0.3) is 15.7 Å². The van der Waals surface area contributed by atoms with Crippen molar-refractivity contribution in [3.05, 3.63) is 55.4 Å². The molecule has 0 aliphatic heterocycles. The molecule has 0 unspecified atom stereocenters. The Morgan fingerprint density at radius 3 is 2.41 bits per heavy atom. The minimum atomic E-state index is -4.55. The molecule has 0 fully saturated rings. The zero-order valence-electron chi connectivity index (χ0n) is 11.5. The normalized spacial score (nSPS) is 11.8. The Bertz CT molecular complexity index is 949. The highest BCUT2D eigenvalue weighted by molar-refractivity contribution is 7.89. The van der Waals surface area contributed by atoms with Gasteiger partial charge in [-0.1, -0.05) is 6.07 Å². The van der Waals surface area contributed by atoms with Crippen molar-refractivity contribution in [2.45, 2.75) is 24.8 Å². The van der Waals surface area contributed by atoms with E-state index in [-0.39, 0.29) is 4.15 Å². The van der Waals surface area contributed by atoms with E-state index in [0.717, 1.165) is 24.3 Å². The molecule has 11 heteroatoms. The molecule has 1 aromatic carbocycles. The molecule has 0 saturated carbocycles. The number of benzene rings is 1. The molecular formula is C11H11N3O7S. The van der Waals surface area contributed by atoms with Crippen molar-refractivity contribution in [2.75, 3.05) is 0 Å². The molecule has 10 nitrogen and oxygen atoms in total. The first kappa shape index (κ1) is 15.7. The molecule has 2 rings (SSSR count). The highest BCUT2D eigenvalue weighted by Crippen LogP contribution is 2.18. The van der Waals surface area contributed by atoms with Crippen LogP contribution in [0, 0.1) is 10.1 Å². The Balaban J connectivity index is 2.69. The molecule has 0 aliphatic rings. The van der Waals surface area contributed by atoms with Crippen LogP contribution in [-0.4, -0.2) is 22.1 Å². The van der Waals surface area contributed by atoms with Crippen molar-refractivity contribution in [1.82, 2.24) is 8.71 Å². The Morgan fingerprint density at radius 1 is 1.27 bits per heavy atom. The number of nitro benzene ring substituents is 1. The van der Waals surface area contributed by atoms with Crippen molar-refractivity contribution < 1.29 is 17.9 Å². The zero-order valence-corrected chi connectivity index (χ0v) is 12.3. The lowest BCUT2D eigenvalue weighted by molar-refractivity contribution is -0.385. The van der Waals surface area contributed by atoms with E-state index in [1.54, 1.807) is 0 Å². The van der Waals surface area contributed by atoms with Crippen LogP contribution >= 0.6 is 0 Å². The number of nitro groups is 1. The third-order valence-electron chi connectivity index (χ3n) is 2.78. The van der Waals surface area contributed by atoms with E-state index in [1.807, 2.05) is 0 Å². The van der Waals surface area contributed by atoms with E-state index in [9.17, 15) is 28.1 Å². The van der Waals surface area contributed by atoms with Gasteiger partial charge in [0.05, 0.1) is 9.82 Å². The van der Waals surface area contributed by atoms with Gasteiger partial charge in [0.2, 0.25) is 0 Å². The second kappa shape index (κ2) is 5.26. The van der Waals surface area contributed by atoms with Crippen molar-refractivity contribution in [3.8, 4) is 0 Å². The van der Waals surface area contributed by atoms with Gasteiger partial charge in [0.15, 0.2) is 0 Å². The van der Waals surface area contributed by atoms with E-state index >= 15 is 0 Å². The number of hydrogen-bond donors (Lipinski definition) is 0. The van der Waals surface area contributed by atoms with Crippen LogP contribution in [0.3, 0.4) is 0 Å². The molecule has 118 valence electrons. The van der Waals surface area contributed by atoms with Crippen LogP contribution in [0.15, 0.2) is 43.3 Å². The first-order valence-electron chi connectivity index (χ1n) is 6.01. The van der Waals surface area contributed by atoms with Gasteiger partial charge in [-0.3, -0.25) is 10.1 Å². The maximum atomic E-state index is 12.3. The molecule has 0 atom stereocenters. The third-order valence-corrected chi connectivity index (χ3v) is 4.30. The molecule has 0 N–H and O–H groups in total. The molecule has 1 aromatic heterocycles. The van der Waals surface area contributed by atoms with Gasteiger partial charge < -0.3 is 4.52 Å². The summed E-state index contributed by atoms with van der Waals surface area (Å²) in [6, 6.07) is 3.46. The monoisotopic (exact) mass is 329 g/mol. The van der Waals surface area contributed by atoms with Crippen LogP contribution in [-0.2, 0) is 10.0 Å². The van der Waals surface area contributed by atoms with Gasteiger partial charge in [0.1, 0.15) is 0 Å². The van der Waals surface area contributed by atoms with E-state index < -0.39 is 43.0 Å². The summed E-state index contributed by atoms with van der Waals surface area (Å²) >= 11 is 0. The second-order valence-corrected chi connectivity index (χ2v) is 6.34. The van der Waals surface area contributed by atoms with E-state index in [2.05, 4.69) is 4.52 Å². The molecule has 0 bridgehead atoms. The highest BCUT2D eigenvalue weighted by Gasteiger charge is 2.27. The van der Waals surface area contributed by atoms with Crippen molar-refractivity contribution in [2.24, 2.45) is 0 Å². The summed E-state index contributed by atoms with van der Waals surface area (Å²) in [6.45, 7) is 3.01. The Kier molecular flexibility index (Phi) is 3.75. The third kappa shape index (κ3) is 2.45. The minimum absolute atomic E-state index is 0.0750. The molecule has 0 amide bonds. The lowest BCUT2D eigenvalue weighted by Crippen LogP contribution is -2.32.